The molecule has 2 heterocycles. The van der Waals surface area contributed by atoms with Gasteiger partial charge in [0.2, 0.25) is 4.96 Å². The van der Waals surface area contributed by atoms with Crippen LogP contribution in [0, 0.1) is 6.92 Å². The van der Waals surface area contributed by atoms with Gasteiger partial charge >= 0.3 is 0 Å². The van der Waals surface area contributed by atoms with Crippen LogP contribution < -0.4 is 5.32 Å². The molecule has 3 rings (SSSR count). The molecule has 0 radical (unpaired) electrons. The summed E-state index contributed by atoms with van der Waals surface area (Å²) in [5.41, 5.74) is 4.81. The number of hydrogen-bond donors (Lipinski definition) is 1. The van der Waals surface area contributed by atoms with E-state index in [1.165, 1.54) is 11.3 Å². The van der Waals surface area contributed by atoms with Gasteiger partial charge in [0.15, 0.2) is 5.69 Å². The first kappa shape index (κ1) is 12.8. The Morgan fingerprint density at radius 1 is 1.40 bits per heavy atom. The van der Waals surface area contributed by atoms with Crippen molar-refractivity contribution in [2.24, 2.45) is 0 Å². The largest absolute Gasteiger partial charge is 0.320 e. The molecular formula is C14H14N4OS. The number of para-hydroxylation sites is 1. The van der Waals surface area contributed by atoms with Crippen molar-refractivity contribution in [3.8, 4) is 0 Å². The number of carbonyl (C=O) groups excluding carboxylic acids is 1. The molecule has 0 aliphatic heterocycles. The van der Waals surface area contributed by atoms with Gasteiger partial charge in [-0.25, -0.2) is 4.98 Å². The van der Waals surface area contributed by atoms with Gasteiger partial charge in [-0.2, -0.15) is 9.61 Å². The molecule has 0 aliphatic carbocycles. The Balaban J connectivity index is 1.97. The van der Waals surface area contributed by atoms with Crippen molar-refractivity contribution in [2.75, 3.05) is 5.32 Å². The van der Waals surface area contributed by atoms with Crippen LogP contribution in [0.1, 0.15) is 28.7 Å². The van der Waals surface area contributed by atoms with E-state index in [0.717, 1.165) is 22.6 Å². The van der Waals surface area contributed by atoms with Crippen LogP contribution in [-0.2, 0) is 6.42 Å². The Kier molecular flexibility index (Phi) is 3.23. The second-order valence-electron chi connectivity index (χ2n) is 4.44. The maximum atomic E-state index is 12.5. The van der Waals surface area contributed by atoms with Crippen molar-refractivity contribution in [1.82, 2.24) is 14.6 Å². The van der Waals surface area contributed by atoms with E-state index in [9.17, 15) is 4.79 Å². The van der Waals surface area contributed by atoms with Gasteiger partial charge in [-0.1, -0.05) is 36.5 Å². The highest BCUT2D eigenvalue weighted by atomic mass is 32.1. The smallest absolute Gasteiger partial charge is 0.276 e. The van der Waals surface area contributed by atoms with Crippen molar-refractivity contribution in [3.05, 3.63) is 46.7 Å². The molecule has 0 saturated carbocycles. The summed E-state index contributed by atoms with van der Waals surface area (Å²) < 4.78 is 1.59. The molecule has 5 nitrogen and oxygen atoms in total. The Morgan fingerprint density at radius 2 is 2.20 bits per heavy atom. The molecule has 3 aromatic rings. The Labute approximate surface area is 120 Å². The first-order chi connectivity index (χ1) is 9.70. The van der Waals surface area contributed by atoms with E-state index in [1.807, 2.05) is 31.2 Å². The second-order valence-corrected chi connectivity index (χ2v) is 5.26. The Bertz CT molecular complexity index is 774. The minimum Gasteiger partial charge on any atom is -0.320 e. The van der Waals surface area contributed by atoms with E-state index < -0.39 is 0 Å². The predicted molar refractivity (Wildman–Crippen MR) is 79.4 cm³/mol. The average molecular weight is 286 g/mol. The van der Waals surface area contributed by atoms with Crippen molar-refractivity contribution in [3.63, 3.8) is 0 Å². The maximum Gasteiger partial charge on any atom is 0.276 e. The number of carbonyl (C=O) groups is 1. The fourth-order valence-corrected chi connectivity index (χ4v) is 2.85. The van der Waals surface area contributed by atoms with E-state index in [1.54, 1.807) is 10.0 Å². The van der Waals surface area contributed by atoms with Crippen LogP contribution in [0.15, 0.2) is 29.8 Å². The summed E-state index contributed by atoms with van der Waals surface area (Å²) >= 11 is 1.41. The topological polar surface area (TPSA) is 59.3 Å². The van der Waals surface area contributed by atoms with Crippen LogP contribution in [0.3, 0.4) is 0 Å². The van der Waals surface area contributed by atoms with Crippen molar-refractivity contribution < 1.29 is 4.79 Å². The van der Waals surface area contributed by atoms with Crippen LogP contribution in [0.5, 0.6) is 0 Å². The maximum absolute atomic E-state index is 12.5. The monoisotopic (exact) mass is 286 g/mol. The van der Waals surface area contributed by atoms with E-state index in [-0.39, 0.29) is 5.91 Å². The number of nitrogens with one attached hydrogen (secondary N) is 1. The fraction of sp³-hybridized carbons (Fsp3) is 0.214. The molecule has 1 amide bonds. The lowest BCUT2D eigenvalue weighted by Gasteiger charge is -2.09. The zero-order valence-corrected chi connectivity index (χ0v) is 12.1. The van der Waals surface area contributed by atoms with Gasteiger partial charge in [0.1, 0.15) is 5.51 Å². The summed E-state index contributed by atoms with van der Waals surface area (Å²) in [7, 11) is 0. The normalized spacial score (nSPS) is 10.9. The molecule has 0 fully saturated rings. The number of nitrogens with zero attached hydrogens (tertiary/aromatic N) is 3. The number of benzene rings is 1. The van der Waals surface area contributed by atoms with Crippen LogP contribution in [0.2, 0.25) is 0 Å². The molecule has 0 unspecified atom stereocenters. The summed E-state index contributed by atoms with van der Waals surface area (Å²) in [5.74, 6) is -0.179. The number of rotatable bonds is 3. The van der Waals surface area contributed by atoms with Crippen molar-refractivity contribution in [1.29, 1.82) is 0 Å². The van der Waals surface area contributed by atoms with Gasteiger partial charge in [-0.05, 0) is 25.0 Å². The van der Waals surface area contributed by atoms with E-state index >= 15 is 0 Å². The zero-order chi connectivity index (χ0) is 14.1. The van der Waals surface area contributed by atoms with Crippen LogP contribution in [0.25, 0.3) is 4.96 Å². The molecule has 6 heteroatoms. The third-order valence-electron chi connectivity index (χ3n) is 3.18. The van der Waals surface area contributed by atoms with Crippen LogP contribution in [0.4, 0.5) is 5.69 Å². The third-order valence-corrected chi connectivity index (χ3v) is 3.86. The first-order valence-corrected chi connectivity index (χ1v) is 7.26. The summed E-state index contributed by atoms with van der Waals surface area (Å²) in [6.07, 6.45) is 0.869. The van der Waals surface area contributed by atoms with E-state index in [4.69, 9.17) is 0 Å². The summed E-state index contributed by atoms with van der Waals surface area (Å²) in [5, 5.41) is 7.11. The van der Waals surface area contributed by atoms with Crippen LogP contribution >= 0.6 is 11.3 Å². The molecule has 0 aliphatic rings. The number of aryl methyl sites for hydroxylation is 2. The molecule has 1 aromatic carbocycles. The highest BCUT2D eigenvalue weighted by Crippen LogP contribution is 2.19. The highest BCUT2D eigenvalue weighted by molar-refractivity contribution is 7.14. The molecule has 1 N–H and O–H groups in total. The number of fused-ring (bicyclic) bond motifs is 1. The number of amides is 1. The predicted octanol–water partition coefficient (Wildman–Crippen LogP) is 2.91. The number of hydrogen-bond acceptors (Lipinski definition) is 4. The number of imidazole rings is 1. The van der Waals surface area contributed by atoms with Gasteiger partial charge in [0.25, 0.3) is 5.91 Å². The Hall–Kier alpha value is -2.21. The summed E-state index contributed by atoms with van der Waals surface area (Å²) in [6.45, 7) is 3.88. The zero-order valence-electron chi connectivity index (χ0n) is 11.3. The SMILES string of the molecule is CCc1ccccc1NC(=O)c1c(C)nc2scnn12. The van der Waals surface area contributed by atoms with Gasteiger partial charge in [0, 0.05) is 5.69 Å². The minimum absolute atomic E-state index is 0.179. The summed E-state index contributed by atoms with van der Waals surface area (Å²) in [4.78, 5) is 17.5. The average Bonchev–Trinajstić information content (AvgIpc) is 2.98. The lowest BCUT2D eigenvalue weighted by atomic mass is 10.1. The molecule has 0 bridgehead atoms. The Morgan fingerprint density at radius 3 is 3.00 bits per heavy atom. The second kappa shape index (κ2) is 5.05. The quantitative estimate of drug-likeness (QED) is 0.805. The van der Waals surface area contributed by atoms with Gasteiger partial charge in [-0.15, -0.1) is 0 Å². The molecule has 0 atom stereocenters. The van der Waals surface area contributed by atoms with Gasteiger partial charge in [-0.3, -0.25) is 4.79 Å². The lowest BCUT2D eigenvalue weighted by molar-refractivity contribution is 0.101. The minimum atomic E-state index is -0.179. The fourth-order valence-electron chi connectivity index (χ4n) is 2.19. The molecule has 0 spiro atoms. The molecule has 0 saturated heterocycles. The lowest BCUT2D eigenvalue weighted by Crippen LogP contribution is -2.17. The first-order valence-electron chi connectivity index (χ1n) is 6.38. The summed E-state index contributed by atoms with van der Waals surface area (Å²) in [6, 6.07) is 7.80. The standard InChI is InChI=1S/C14H14N4OS/c1-3-10-6-4-5-7-11(10)17-13(19)12-9(2)16-14-18(12)15-8-20-14/h4-8H,3H2,1-2H3,(H,17,19). The van der Waals surface area contributed by atoms with Crippen LogP contribution in [-0.4, -0.2) is 20.5 Å². The van der Waals surface area contributed by atoms with E-state index in [2.05, 4.69) is 22.3 Å². The van der Waals surface area contributed by atoms with Gasteiger partial charge < -0.3 is 5.32 Å². The highest BCUT2D eigenvalue weighted by Gasteiger charge is 2.19. The molecule has 102 valence electrons. The molecule has 2 aromatic heterocycles. The molecular weight excluding hydrogens is 272 g/mol. The van der Waals surface area contributed by atoms with Gasteiger partial charge in [0.05, 0.1) is 5.69 Å². The van der Waals surface area contributed by atoms with Crippen molar-refractivity contribution >= 4 is 27.9 Å². The van der Waals surface area contributed by atoms with E-state index in [0.29, 0.717) is 11.4 Å². The molecule has 20 heavy (non-hydrogen) atoms. The number of aromatic nitrogens is 3. The third kappa shape index (κ3) is 2.08. The number of anilines is 1. The van der Waals surface area contributed by atoms with Crippen molar-refractivity contribution in [2.45, 2.75) is 20.3 Å².